The highest BCUT2D eigenvalue weighted by molar-refractivity contribution is 6.34. The molecule has 0 fully saturated rings. The summed E-state index contributed by atoms with van der Waals surface area (Å²) < 4.78 is 1.85. The zero-order valence-corrected chi connectivity index (χ0v) is 15.0. The Kier molecular flexibility index (Phi) is 4.33. The maximum absolute atomic E-state index is 12.9. The fourth-order valence-corrected chi connectivity index (χ4v) is 3.30. The van der Waals surface area contributed by atoms with Crippen molar-refractivity contribution in [3.63, 3.8) is 0 Å². The lowest BCUT2D eigenvalue weighted by atomic mass is 10.1. The van der Waals surface area contributed by atoms with Crippen molar-refractivity contribution < 1.29 is 4.79 Å². The smallest absolute Gasteiger partial charge is 0.274 e. The SMILES string of the molecule is CCc1nc2ccc(C)cn2c1C(=O)Nc1c(C)cc(C)cc1Cl. The Morgan fingerprint density at radius 2 is 1.96 bits per heavy atom. The van der Waals surface area contributed by atoms with Crippen molar-refractivity contribution in [1.82, 2.24) is 9.38 Å². The quantitative estimate of drug-likeness (QED) is 0.748. The predicted octanol–water partition coefficient (Wildman–Crippen LogP) is 4.73. The zero-order valence-electron chi connectivity index (χ0n) is 14.3. The van der Waals surface area contributed by atoms with Crippen LogP contribution >= 0.6 is 11.6 Å². The lowest BCUT2D eigenvalue weighted by Crippen LogP contribution is -2.17. The van der Waals surface area contributed by atoms with Gasteiger partial charge in [-0.2, -0.15) is 0 Å². The molecule has 2 aromatic heterocycles. The highest BCUT2D eigenvalue weighted by atomic mass is 35.5. The third kappa shape index (κ3) is 2.89. The number of imidazole rings is 1. The number of aromatic nitrogens is 2. The second kappa shape index (κ2) is 6.29. The molecule has 0 bridgehead atoms. The summed E-state index contributed by atoms with van der Waals surface area (Å²) in [7, 11) is 0. The Balaban J connectivity index is 2.08. The predicted molar refractivity (Wildman–Crippen MR) is 98.2 cm³/mol. The molecule has 1 aromatic carbocycles. The van der Waals surface area contributed by atoms with Crippen LogP contribution in [0.15, 0.2) is 30.5 Å². The van der Waals surface area contributed by atoms with Gasteiger partial charge < -0.3 is 5.32 Å². The number of nitrogens with zero attached hydrogens (tertiary/aromatic N) is 2. The van der Waals surface area contributed by atoms with Gasteiger partial charge >= 0.3 is 0 Å². The van der Waals surface area contributed by atoms with E-state index in [-0.39, 0.29) is 5.91 Å². The first-order valence-corrected chi connectivity index (χ1v) is 8.34. The Morgan fingerprint density at radius 1 is 1.21 bits per heavy atom. The summed E-state index contributed by atoms with van der Waals surface area (Å²) in [5, 5.41) is 3.51. The highest BCUT2D eigenvalue weighted by Crippen LogP contribution is 2.28. The van der Waals surface area contributed by atoms with Gasteiger partial charge in [0.15, 0.2) is 0 Å². The number of nitrogens with one attached hydrogen (secondary N) is 1. The first kappa shape index (κ1) is 16.5. The number of aryl methyl sites for hydroxylation is 4. The van der Waals surface area contributed by atoms with E-state index < -0.39 is 0 Å². The number of halogens is 1. The molecule has 24 heavy (non-hydrogen) atoms. The second-order valence-corrected chi connectivity index (χ2v) is 6.50. The van der Waals surface area contributed by atoms with Gasteiger partial charge in [0.1, 0.15) is 11.3 Å². The molecule has 0 saturated carbocycles. The average molecular weight is 342 g/mol. The van der Waals surface area contributed by atoms with Crippen LogP contribution in [0.4, 0.5) is 5.69 Å². The third-order valence-electron chi connectivity index (χ3n) is 4.06. The van der Waals surface area contributed by atoms with Crippen LogP contribution in [0.1, 0.15) is 39.8 Å². The summed E-state index contributed by atoms with van der Waals surface area (Å²) in [6.07, 6.45) is 2.62. The number of amides is 1. The minimum absolute atomic E-state index is 0.196. The normalized spacial score (nSPS) is 11.0. The summed E-state index contributed by atoms with van der Waals surface area (Å²) in [4.78, 5) is 17.5. The molecular weight excluding hydrogens is 322 g/mol. The van der Waals surface area contributed by atoms with Crippen molar-refractivity contribution in [1.29, 1.82) is 0 Å². The number of fused-ring (bicyclic) bond motifs is 1. The topological polar surface area (TPSA) is 46.4 Å². The van der Waals surface area contributed by atoms with E-state index in [1.54, 1.807) is 0 Å². The molecule has 124 valence electrons. The van der Waals surface area contributed by atoms with Gasteiger partial charge in [0.2, 0.25) is 0 Å². The van der Waals surface area contributed by atoms with E-state index in [9.17, 15) is 4.79 Å². The van der Waals surface area contributed by atoms with Crippen LogP contribution in [0.2, 0.25) is 5.02 Å². The summed E-state index contributed by atoms with van der Waals surface area (Å²) in [6.45, 7) is 7.91. The molecule has 3 rings (SSSR count). The first-order chi connectivity index (χ1) is 11.4. The molecule has 0 aliphatic carbocycles. The van der Waals surface area contributed by atoms with Crippen LogP contribution in [0.5, 0.6) is 0 Å². The lowest BCUT2D eigenvalue weighted by Gasteiger charge is -2.12. The largest absolute Gasteiger partial charge is 0.319 e. The van der Waals surface area contributed by atoms with Gasteiger partial charge in [0.05, 0.1) is 16.4 Å². The van der Waals surface area contributed by atoms with E-state index in [0.29, 0.717) is 22.8 Å². The molecule has 0 atom stereocenters. The van der Waals surface area contributed by atoms with Gasteiger partial charge in [0.25, 0.3) is 5.91 Å². The summed E-state index contributed by atoms with van der Waals surface area (Å²) in [5.74, 6) is -0.196. The minimum Gasteiger partial charge on any atom is -0.319 e. The Morgan fingerprint density at radius 3 is 2.62 bits per heavy atom. The molecule has 0 radical (unpaired) electrons. The number of pyridine rings is 1. The number of carbonyl (C=O) groups excluding carboxylic acids is 1. The van der Waals surface area contributed by atoms with Crippen LogP contribution < -0.4 is 5.32 Å². The van der Waals surface area contributed by atoms with Crippen LogP contribution in [0.3, 0.4) is 0 Å². The number of anilines is 1. The van der Waals surface area contributed by atoms with Gasteiger partial charge in [-0.15, -0.1) is 0 Å². The molecule has 0 unspecified atom stereocenters. The zero-order chi connectivity index (χ0) is 17.4. The average Bonchev–Trinajstić information content (AvgIpc) is 2.88. The van der Waals surface area contributed by atoms with E-state index >= 15 is 0 Å². The van der Waals surface area contributed by atoms with Gasteiger partial charge in [-0.1, -0.05) is 30.7 Å². The molecule has 4 nitrogen and oxygen atoms in total. The summed E-state index contributed by atoms with van der Waals surface area (Å²) >= 11 is 6.32. The number of hydrogen-bond donors (Lipinski definition) is 1. The summed E-state index contributed by atoms with van der Waals surface area (Å²) in [6, 6.07) is 7.77. The molecule has 0 spiro atoms. The number of hydrogen-bond acceptors (Lipinski definition) is 2. The molecule has 0 saturated heterocycles. The van der Waals surface area contributed by atoms with Gasteiger partial charge in [-0.05, 0) is 56.0 Å². The molecule has 3 aromatic rings. The maximum Gasteiger partial charge on any atom is 0.274 e. The van der Waals surface area contributed by atoms with Crippen LogP contribution in [0.25, 0.3) is 5.65 Å². The maximum atomic E-state index is 12.9. The number of carbonyl (C=O) groups is 1. The number of benzene rings is 1. The van der Waals surface area contributed by atoms with Crippen molar-refractivity contribution in [3.8, 4) is 0 Å². The van der Waals surface area contributed by atoms with Crippen molar-refractivity contribution in [2.24, 2.45) is 0 Å². The minimum atomic E-state index is -0.196. The van der Waals surface area contributed by atoms with Gasteiger partial charge in [-0.25, -0.2) is 4.98 Å². The van der Waals surface area contributed by atoms with E-state index in [1.807, 2.05) is 62.6 Å². The highest BCUT2D eigenvalue weighted by Gasteiger charge is 2.20. The molecule has 1 amide bonds. The van der Waals surface area contributed by atoms with Crippen LogP contribution in [-0.4, -0.2) is 15.3 Å². The second-order valence-electron chi connectivity index (χ2n) is 6.09. The molecular formula is C19H20ClN3O. The molecule has 0 aliphatic rings. The van der Waals surface area contributed by atoms with Gasteiger partial charge in [-0.3, -0.25) is 9.20 Å². The van der Waals surface area contributed by atoms with E-state index in [1.165, 1.54) is 0 Å². The van der Waals surface area contributed by atoms with E-state index in [2.05, 4.69) is 10.3 Å². The van der Waals surface area contributed by atoms with Crippen molar-refractivity contribution >= 4 is 28.8 Å². The summed E-state index contributed by atoms with van der Waals surface area (Å²) in [5.41, 5.74) is 5.84. The van der Waals surface area contributed by atoms with Crippen molar-refractivity contribution in [2.45, 2.75) is 34.1 Å². The Bertz CT molecular complexity index is 920. The molecule has 5 heteroatoms. The van der Waals surface area contributed by atoms with Crippen molar-refractivity contribution in [2.75, 3.05) is 5.32 Å². The standard InChI is InChI=1S/C19H20ClN3O/c1-5-15-18(23-10-11(2)6-7-16(23)21-15)19(24)22-17-13(4)8-12(3)9-14(17)20/h6-10H,5H2,1-4H3,(H,22,24). The van der Waals surface area contributed by atoms with E-state index in [0.717, 1.165) is 28.0 Å². The lowest BCUT2D eigenvalue weighted by molar-refractivity contribution is 0.102. The Labute approximate surface area is 146 Å². The molecule has 0 aliphatic heterocycles. The van der Waals surface area contributed by atoms with Crippen molar-refractivity contribution in [3.05, 3.63) is 63.6 Å². The van der Waals surface area contributed by atoms with E-state index in [4.69, 9.17) is 11.6 Å². The number of rotatable bonds is 3. The molecule has 2 heterocycles. The fourth-order valence-electron chi connectivity index (χ4n) is 2.93. The molecule has 1 N–H and O–H groups in total. The van der Waals surface area contributed by atoms with Gasteiger partial charge in [0, 0.05) is 6.20 Å². The fraction of sp³-hybridized carbons (Fsp3) is 0.263. The Hall–Kier alpha value is -2.33. The third-order valence-corrected chi connectivity index (χ3v) is 4.36. The van der Waals surface area contributed by atoms with Crippen LogP contribution in [-0.2, 0) is 6.42 Å². The van der Waals surface area contributed by atoms with Crippen LogP contribution in [0, 0.1) is 20.8 Å². The first-order valence-electron chi connectivity index (χ1n) is 7.96. The monoisotopic (exact) mass is 341 g/mol.